The third-order valence-electron chi connectivity index (χ3n) is 3.43. The second-order valence-electron chi connectivity index (χ2n) is 5.52. The Kier molecular flexibility index (Phi) is 7.82. The summed E-state index contributed by atoms with van der Waals surface area (Å²) >= 11 is 1.30. The number of amidine groups is 1. The lowest BCUT2D eigenvalue weighted by molar-refractivity contribution is 0.187. The molecule has 0 spiro atoms. The molecule has 0 heterocycles. The van der Waals surface area contributed by atoms with Crippen LogP contribution in [0.1, 0.15) is 11.1 Å². The molecule has 0 amide bonds. The van der Waals surface area contributed by atoms with E-state index >= 15 is 0 Å². The van der Waals surface area contributed by atoms with E-state index in [4.69, 9.17) is 21.8 Å². The van der Waals surface area contributed by atoms with Gasteiger partial charge in [-0.05, 0) is 41.8 Å². The molecule has 7 nitrogen and oxygen atoms in total. The third kappa shape index (κ3) is 6.28. The van der Waals surface area contributed by atoms with E-state index in [1.807, 2.05) is 12.1 Å². The van der Waals surface area contributed by atoms with Crippen molar-refractivity contribution in [2.45, 2.75) is 17.5 Å². The molecule has 0 unspecified atom stereocenters. The van der Waals surface area contributed by atoms with Crippen LogP contribution in [0.5, 0.6) is 0 Å². The van der Waals surface area contributed by atoms with Crippen LogP contribution in [-0.4, -0.2) is 40.4 Å². The van der Waals surface area contributed by atoms with Crippen LogP contribution in [0.15, 0.2) is 58.5 Å². The summed E-state index contributed by atoms with van der Waals surface area (Å²) in [5, 5.41) is 23.4. The number of aliphatic hydroxyl groups excluding tert-OH is 2. The summed E-state index contributed by atoms with van der Waals surface area (Å²) in [5.41, 5.74) is 7.48. The van der Waals surface area contributed by atoms with Gasteiger partial charge in [0.05, 0.1) is 25.8 Å². The SMILES string of the molecule is N/C(=N\N(N)Cc1ccc(F)cc1)c1ccc(SNC(CO)CO)cc1. The quantitative estimate of drug-likeness (QED) is 0.143. The Labute approximate surface area is 155 Å². The fraction of sp³-hybridized carbons (Fsp3) is 0.235. The topological polar surface area (TPSA) is 120 Å². The molecular formula is C17H22FN5O2S. The largest absolute Gasteiger partial charge is 0.395 e. The van der Waals surface area contributed by atoms with Gasteiger partial charge in [-0.1, -0.05) is 24.3 Å². The van der Waals surface area contributed by atoms with E-state index in [1.54, 1.807) is 24.3 Å². The van der Waals surface area contributed by atoms with E-state index in [1.165, 1.54) is 29.2 Å². The standard InChI is InChI=1S/C17H22FN5O2S/c18-14-5-1-12(2-6-14)9-23(20)21-17(19)13-3-7-16(8-4-13)26-22-15(10-24)11-25/h1-8,15,22,24-25H,9-11,20H2,(H2,19,21). The van der Waals surface area contributed by atoms with E-state index < -0.39 is 0 Å². The minimum Gasteiger partial charge on any atom is -0.395 e. The van der Waals surface area contributed by atoms with Crippen molar-refractivity contribution in [2.24, 2.45) is 16.7 Å². The second-order valence-corrected chi connectivity index (χ2v) is 6.43. The molecule has 2 aromatic rings. The highest BCUT2D eigenvalue weighted by Crippen LogP contribution is 2.16. The summed E-state index contributed by atoms with van der Waals surface area (Å²) in [6.45, 7) is -0.00823. The number of nitrogens with one attached hydrogen (secondary N) is 1. The van der Waals surface area contributed by atoms with Gasteiger partial charge in [-0.2, -0.15) is 0 Å². The smallest absolute Gasteiger partial charge is 0.152 e. The van der Waals surface area contributed by atoms with E-state index in [0.29, 0.717) is 12.1 Å². The number of hydrazone groups is 1. The monoisotopic (exact) mass is 379 g/mol. The van der Waals surface area contributed by atoms with Gasteiger partial charge in [0.2, 0.25) is 0 Å². The maximum atomic E-state index is 12.9. The van der Waals surface area contributed by atoms with Crippen molar-refractivity contribution < 1.29 is 14.6 Å². The number of nitrogens with two attached hydrogens (primary N) is 2. The first-order valence-corrected chi connectivity index (χ1v) is 8.68. The fourth-order valence-corrected chi connectivity index (χ4v) is 2.71. The highest BCUT2D eigenvalue weighted by Gasteiger charge is 2.06. The zero-order valence-corrected chi connectivity index (χ0v) is 14.9. The van der Waals surface area contributed by atoms with Gasteiger partial charge in [-0.3, -0.25) is 4.72 Å². The molecule has 0 aromatic heterocycles. The van der Waals surface area contributed by atoms with Crippen molar-refractivity contribution in [1.29, 1.82) is 0 Å². The van der Waals surface area contributed by atoms with Crippen molar-refractivity contribution in [3.8, 4) is 0 Å². The Morgan fingerprint density at radius 1 is 1.12 bits per heavy atom. The molecule has 0 fully saturated rings. The molecule has 2 aromatic carbocycles. The minimum atomic E-state index is -0.386. The first-order valence-electron chi connectivity index (χ1n) is 7.87. The van der Waals surface area contributed by atoms with E-state index in [0.717, 1.165) is 10.5 Å². The van der Waals surface area contributed by atoms with Crippen LogP contribution in [0.3, 0.4) is 0 Å². The fourth-order valence-electron chi connectivity index (χ4n) is 1.99. The Morgan fingerprint density at radius 3 is 2.31 bits per heavy atom. The second kappa shape index (κ2) is 10.1. The molecule has 7 N–H and O–H groups in total. The van der Waals surface area contributed by atoms with Crippen LogP contribution in [-0.2, 0) is 6.54 Å². The summed E-state index contributed by atoms with van der Waals surface area (Å²) in [5.74, 6) is 5.78. The number of halogens is 1. The molecule has 0 aliphatic heterocycles. The van der Waals surface area contributed by atoms with Crippen molar-refractivity contribution in [2.75, 3.05) is 13.2 Å². The van der Waals surface area contributed by atoms with Crippen LogP contribution >= 0.6 is 11.9 Å². The molecule has 0 radical (unpaired) electrons. The number of hydrogen-bond donors (Lipinski definition) is 5. The van der Waals surface area contributed by atoms with Gasteiger partial charge in [-0.15, -0.1) is 5.10 Å². The number of aliphatic hydroxyl groups is 2. The van der Waals surface area contributed by atoms with Gasteiger partial charge in [-0.25, -0.2) is 15.4 Å². The van der Waals surface area contributed by atoms with Gasteiger partial charge in [0.15, 0.2) is 5.84 Å². The predicted octanol–water partition coefficient (Wildman–Crippen LogP) is 0.772. The first kappa shape index (κ1) is 20.1. The summed E-state index contributed by atoms with van der Waals surface area (Å²) in [6.07, 6.45) is 0. The summed E-state index contributed by atoms with van der Waals surface area (Å²) in [6, 6.07) is 12.9. The first-order chi connectivity index (χ1) is 12.5. The average Bonchev–Trinajstić information content (AvgIpc) is 2.65. The summed E-state index contributed by atoms with van der Waals surface area (Å²) in [4.78, 5) is 0.893. The Balaban J connectivity index is 1.94. The van der Waals surface area contributed by atoms with Crippen LogP contribution < -0.4 is 16.3 Å². The zero-order chi connectivity index (χ0) is 18.9. The molecule has 26 heavy (non-hydrogen) atoms. The summed E-state index contributed by atoms with van der Waals surface area (Å²) in [7, 11) is 0. The minimum absolute atomic E-state index is 0.151. The van der Waals surface area contributed by atoms with Crippen LogP contribution in [0.25, 0.3) is 0 Å². The number of rotatable bonds is 9. The van der Waals surface area contributed by atoms with Gasteiger partial charge in [0.1, 0.15) is 5.82 Å². The van der Waals surface area contributed by atoms with Crippen molar-refractivity contribution in [1.82, 2.24) is 9.84 Å². The Bertz CT molecular complexity index is 708. The van der Waals surface area contributed by atoms with Gasteiger partial charge < -0.3 is 15.9 Å². The van der Waals surface area contributed by atoms with E-state index in [2.05, 4.69) is 9.82 Å². The number of benzene rings is 2. The lowest BCUT2D eigenvalue weighted by Crippen LogP contribution is -2.30. The molecule has 0 saturated carbocycles. The number of hydrazine groups is 1. The molecule has 9 heteroatoms. The van der Waals surface area contributed by atoms with Gasteiger partial charge >= 0.3 is 0 Å². The van der Waals surface area contributed by atoms with Crippen LogP contribution in [0, 0.1) is 5.82 Å². The Hall–Kier alpha value is -2.17. The van der Waals surface area contributed by atoms with Gasteiger partial charge in [0, 0.05) is 10.5 Å². The lowest BCUT2D eigenvalue weighted by Gasteiger charge is -2.14. The summed E-state index contributed by atoms with van der Waals surface area (Å²) < 4.78 is 15.9. The van der Waals surface area contributed by atoms with Gasteiger partial charge in [0.25, 0.3) is 0 Å². The molecule has 140 valence electrons. The maximum absolute atomic E-state index is 12.9. The molecular weight excluding hydrogens is 357 g/mol. The average molecular weight is 379 g/mol. The number of nitrogens with zero attached hydrogens (tertiary/aromatic N) is 2. The molecule has 0 aliphatic rings. The molecule has 2 rings (SSSR count). The highest BCUT2D eigenvalue weighted by molar-refractivity contribution is 7.97. The third-order valence-corrected chi connectivity index (χ3v) is 4.39. The highest BCUT2D eigenvalue weighted by atomic mass is 32.2. The zero-order valence-electron chi connectivity index (χ0n) is 14.0. The van der Waals surface area contributed by atoms with Crippen LogP contribution in [0.4, 0.5) is 4.39 Å². The maximum Gasteiger partial charge on any atom is 0.152 e. The van der Waals surface area contributed by atoms with Crippen molar-refractivity contribution in [3.63, 3.8) is 0 Å². The predicted molar refractivity (Wildman–Crippen MR) is 100 cm³/mol. The van der Waals surface area contributed by atoms with Crippen LogP contribution in [0.2, 0.25) is 0 Å². The molecule has 0 bridgehead atoms. The van der Waals surface area contributed by atoms with E-state index in [9.17, 15) is 4.39 Å². The molecule has 0 aliphatic carbocycles. The van der Waals surface area contributed by atoms with Crippen molar-refractivity contribution in [3.05, 3.63) is 65.5 Å². The Morgan fingerprint density at radius 2 is 1.73 bits per heavy atom. The van der Waals surface area contributed by atoms with E-state index in [-0.39, 0.29) is 30.9 Å². The molecule has 0 saturated heterocycles. The normalized spacial score (nSPS) is 11.8. The molecule has 0 atom stereocenters. The van der Waals surface area contributed by atoms with Crippen molar-refractivity contribution >= 4 is 17.8 Å². The number of hydrogen-bond acceptors (Lipinski definition) is 7. The lowest BCUT2D eigenvalue weighted by atomic mass is 10.2.